The summed E-state index contributed by atoms with van der Waals surface area (Å²) in [7, 11) is 4.30. The molecule has 0 aromatic heterocycles. The first kappa shape index (κ1) is 33.7. The first-order valence-corrected chi connectivity index (χ1v) is 17.9. The Labute approximate surface area is 254 Å². The van der Waals surface area contributed by atoms with E-state index in [9.17, 15) is 10.2 Å². The highest BCUT2D eigenvalue weighted by molar-refractivity contribution is 5.12. The van der Waals surface area contributed by atoms with Crippen LogP contribution >= 0.6 is 0 Å². The minimum absolute atomic E-state index is 0.116. The van der Waals surface area contributed by atoms with Crippen LogP contribution in [-0.2, 0) is 0 Å². The van der Waals surface area contributed by atoms with Crippen LogP contribution in [0.4, 0.5) is 0 Å². The summed E-state index contributed by atoms with van der Waals surface area (Å²) in [5.41, 5.74) is 0.773. The van der Waals surface area contributed by atoms with Crippen LogP contribution < -0.4 is 10.6 Å². The molecule has 4 aliphatic carbocycles. The van der Waals surface area contributed by atoms with E-state index in [2.05, 4.69) is 64.2 Å². The van der Waals surface area contributed by atoms with E-state index >= 15 is 0 Å². The second-order valence-electron chi connectivity index (χ2n) is 16.4. The van der Waals surface area contributed by atoms with E-state index < -0.39 is 0 Å². The summed E-state index contributed by atoms with van der Waals surface area (Å²) in [5, 5.41) is 29.8. The lowest BCUT2D eigenvalue weighted by Gasteiger charge is -2.62. The van der Waals surface area contributed by atoms with Crippen LogP contribution in [0.25, 0.3) is 0 Å². The Hall–Kier alpha value is -0.200. The number of hydrogen-bond acceptors (Lipinski definition) is 5. The van der Waals surface area contributed by atoms with E-state index in [1.54, 1.807) is 0 Å². The number of hydrogen-bond donors (Lipinski definition) is 4. The zero-order valence-electron chi connectivity index (χ0n) is 28.1. The van der Waals surface area contributed by atoms with Gasteiger partial charge in [0.05, 0.1) is 12.2 Å². The van der Waals surface area contributed by atoms with Crippen LogP contribution in [-0.4, -0.2) is 73.6 Å². The predicted octanol–water partition coefficient (Wildman–Crippen LogP) is 6.33. The second-order valence-corrected chi connectivity index (χ2v) is 16.4. The SMILES string of the molecule is CC(C)C(O)CCC(C)C1CCC2C3C(O)CC4CC(NCCCNCCCCN(C)C)CCC4(C)C3CCC12C. The van der Waals surface area contributed by atoms with E-state index in [1.807, 2.05) is 0 Å². The van der Waals surface area contributed by atoms with Gasteiger partial charge in [-0.1, -0.05) is 34.6 Å². The highest BCUT2D eigenvalue weighted by atomic mass is 16.3. The van der Waals surface area contributed by atoms with Crippen LogP contribution in [0.2, 0.25) is 0 Å². The van der Waals surface area contributed by atoms with Gasteiger partial charge in [0.1, 0.15) is 0 Å². The van der Waals surface area contributed by atoms with Crippen molar-refractivity contribution in [3.05, 3.63) is 0 Å². The summed E-state index contributed by atoms with van der Waals surface area (Å²) in [6, 6.07) is 0.628. The molecule has 4 saturated carbocycles. The van der Waals surface area contributed by atoms with Gasteiger partial charge in [-0.3, -0.25) is 0 Å². The van der Waals surface area contributed by atoms with Crippen molar-refractivity contribution in [1.29, 1.82) is 0 Å². The van der Waals surface area contributed by atoms with Crippen LogP contribution in [0, 0.1) is 52.3 Å². The highest BCUT2D eigenvalue weighted by Crippen LogP contribution is 2.68. The molecule has 4 fully saturated rings. The van der Waals surface area contributed by atoms with E-state index in [4.69, 9.17) is 0 Å². The lowest BCUT2D eigenvalue weighted by atomic mass is 9.43. The molecule has 5 heteroatoms. The zero-order chi connectivity index (χ0) is 29.8. The summed E-state index contributed by atoms with van der Waals surface area (Å²) < 4.78 is 0. The van der Waals surface area contributed by atoms with Crippen LogP contribution in [0.15, 0.2) is 0 Å². The van der Waals surface area contributed by atoms with Gasteiger partial charge in [0.15, 0.2) is 0 Å². The molecule has 4 rings (SSSR count). The summed E-state index contributed by atoms with van der Waals surface area (Å²) in [4.78, 5) is 2.27. The van der Waals surface area contributed by atoms with E-state index in [1.165, 1.54) is 70.8 Å². The van der Waals surface area contributed by atoms with Crippen LogP contribution in [0.1, 0.15) is 118 Å². The summed E-state index contributed by atoms with van der Waals surface area (Å²) in [5.74, 6) is 4.31. The molecule has 4 N–H and O–H groups in total. The van der Waals surface area contributed by atoms with Crippen molar-refractivity contribution < 1.29 is 10.2 Å². The van der Waals surface area contributed by atoms with Gasteiger partial charge >= 0.3 is 0 Å². The molecule has 0 saturated heterocycles. The summed E-state index contributed by atoms with van der Waals surface area (Å²) in [6.45, 7) is 16.5. The number of rotatable bonds is 15. The third-order valence-corrected chi connectivity index (χ3v) is 13.3. The van der Waals surface area contributed by atoms with Crippen molar-refractivity contribution in [2.24, 2.45) is 52.3 Å². The predicted molar refractivity (Wildman–Crippen MR) is 173 cm³/mol. The number of aliphatic hydroxyl groups excluding tert-OH is 2. The average Bonchev–Trinajstić information content (AvgIpc) is 3.28. The van der Waals surface area contributed by atoms with Crippen molar-refractivity contribution in [2.75, 3.05) is 40.3 Å². The Balaban J connectivity index is 1.26. The lowest BCUT2D eigenvalue weighted by Crippen LogP contribution is -2.59. The molecule has 11 atom stereocenters. The molecule has 41 heavy (non-hydrogen) atoms. The first-order valence-electron chi connectivity index (χ1n) is 17.9. The quantitative estimate of drug-likeness (QED) is 0.172. The maximum absolute atomic E-state index is 11.8. The normalized spacial score (nSPS) is 40.3. The Morgan fingerprint density at radius 3 is 2.27 bits per heavy atom. The molecule has 0 amide bonds. The van der Waals surface area contributed by atoms with Gasteiger partial charge in [-0.25, -0.2) is 0 Å². The Bertz CT molecular complexity index is 791. The zero-order valence-corrected chi connectivity index (χ0v) is 28.1. The molecule has 4 aliphatic rings. The molecule has 11 unspecified atom stereocenters. The number of nitrogens with one attached hydrogen (secondary N) is 2. The van der Waals surface area contributed by atoms with Crippen molar-refractivity contribution >= 4 is 0 Å². The molecule has 0 aliphatic heterocycles. The van der Waals surface area contributed by atoms with Gasteiger partial charge in [0.2, 0.25) is 0 Å². The number of unbranched alkanes of at least 4 members (excludes halogenated alkanes) is 1. The fourth-order valence-corrected chi connectivity index (χ4v) is 10.7. The Morgan fingerprint density at radius 1 is 0.829 bits per heavy atom. The number of nitrogens with zero attached hydrogens (tertiary/aromatic N) is 1. The van der Waals surface area contributed by atoms with Crippen molar-refractivity contribution in [1.82, 2.24) is 15.5 Å². The first-order chi connectivity index (χ1) is 19.5. The van der Waals surface area contributed by atoms with E-state index in [-0.39, 0.29) is 12.2 Å². The van der Waals surface area contributed by atoms with Gasteiger partial charge in [-0.15, -0.1) is 0 Å². The second kappa shape index (κ2) is 14.7. The molecule has 0 aromatic rings. The lowest BCUT2D eigenvalue weighted by molar-refractivity contribution is -0.167. The monoisotopic (exact) mass is 576 g/mol. The van der Waals surface area contributed by atoms with Crippen LogP contribution in [0.5, 0.6) is 0 Å². The van der Waals surface area contributed by atoms with Crippen molar-refractivity contribution in [3.8, 4) is 0 Å². The maximum atomic E-state index is 11.8. The highest BCUT2D eigenvalue weighted by Gasteiger charge is 2.62. The Morgan fingerprint density at radius 2 is 1.54 bits per heavy atom. The molecule has 240 valence electrons. The van der Waals surface area contributed by atoms with Gasteiger partial charge in [0, 0.05) is 6.04 Å². The average molecular weight is 576 g/mol. The molecule has 0 aromatic carbocycles. The van der Waals surface area contributed by atoms with Gasteiger partial charge in [-0.05, 0) is 176 Å². The molecular weight excluding hydrogens is 506 g/mol. The fraction of sp³-hybridized carbons (Fsp3) is 1.00. The molecular formula is C36H69N3O2. The molecule has 0 heterocycles. The van der Waals surface area contributed by atoms with Gasteiger partial charge in [-0.2, -0.15) is 0 Å². The maximum Gasteiger partial charge on any atom is 0.0577 e. The van der Waals surface area contributed by atoms with Crippen LogP contribution in [0.3, 0.4) is 0 Å². The van der Waals surface area contributed by atoms with Crippen molar-refractivity contribution in [2.45, 2.75) is 136 Å². The number of fused-ring (bicyclic) bond motifs is 5. The molecule has 0 bridgehead atoms. The molecule has 0 radical (unpaired) electrons. The molecule has 5 nitrogen and oxygen atoms in total. The van der Waals surface area contributed by atoms with E-state index in [0.29, 0.717) is 52.4 Å². The van der Waals surface area contributed by atoms with Gasteiger partial charge in [0.25, 0.3) is 0 Å². The number of aliphatic hydroxyl groups is 2. The summed E-state index contributed by atoms with van der Waals surface area (Å²) in [6.07, 6.45) is 15.8. The minimum atomic E-state index is -0.167. The standard InChI is InChI=1S/C36H69N3O2/c1-25(2)32(40)14-11-26(3)29-12-13-30-34-31(16-18-36(29,30)5)35(4)17-15-28(23-27(35)24-33(34)41)38-21-10-20-37-19-8-9-22-39(6)7/h25-34,37-38,40-41H,8-24H2,1-7H3. The van der Waals surface area contributed by atoms with Crippen molar-refractivity contribution in [3.63, 3.8) is 0 Å². The molecule has 0 spiro atoms. The fourth-order valence-electron chi connectivity index (χ4n) is 10.7. The largest absolute Gasteiger partial charge is 0.393 e. The summed E-state index contributed by atoms with van der Waals surface area (Å²) >= 11 is 0. The smallest absolute Gasteiger partial charge is 0.0577 e. The third-order valence-electron chi connectivity index (χ3n) is 13.3. The third kappa shape index (κ3) is 7.72. The minimum Gasteiger partial charge on any atom is -0.393 e. The topological polar surface area (TPSA) is 67.8 Å². The Kier molecular flexibility index (Phi) is 12.1. The van der Waals surface area contributed by atoms with Gasteiger partial charge < -0.3 is 25.7 Å². The van der Waals surface area contributed by atoms with E-state index in [0.717, 1.165) is 44.8 Å².